The molecule has 0 saturated carbocycles. The van der Waals surface area contributed by atoms with Gasteiger partial charge in [0.15, 0.2) is 0 Å². The molecule has 6 aromatic carbocycles. The van der Waals surface area contributed by atoms with Crippen molar-refractivity contribution >= 4 is 53.4 Å². The molecule has 8 rings (SSSR count). The highest BCUT2D eigenvalue weighted by Crippen LogP contribution is 2.43. The largest absolute Gasteiger partial charge is 0.456 e. The average Bonchev–Trinajstić information content (AvgIpc) is 3.58. The van der Waals surface area contributed by atoms with E-state index in [1.807, 2.05) is 35.6 Å². The first-order chi connectivity index (χ1) is 19.8. The van der Waals surface area contributed by atoms with Gasteiger partial charge in [-0.1, -0.05) is 78.9 Å². The summed E-state index contributed by atoms with van der Waals surface area (Å²) in [6, 6.07) is 46.8. The molecule has 0 aliphatic heterocycles. The molecule has 2 aromatic heterocycles. The number of hydrogen-bond acceptors (Lipinski definition) is 3. The Morgan fingerprint density at radius 3 is 1.93 bits per heavy atom. The molecule has 0 N–H and O–H groups in total. The number of para-hydroxylation sites is 1. The Bertz CT molecular complexity index is 2150. The van der Waals surface area contributed by atoms with Crippen LogP contribution in [0.2, 0.25) is 0 Å². The Kier molecular flexibility index (Phi) is 5.10. The van der Waals surface area contributed by atoms with Gasteiger partial charge < -0.3 is 4.42 Å². The first kappa shape index (κ1) is 22.8. The highest BCUT2D eigenvalue weighted by molar-refractivity contribution is 7.25. The molecule has 8 aromatic rings. The van der Waals surface area contributed by atoms with E-state index in [1.165, 1.54) is 25.7 Å². The summed E-state index contributed by atoms with van der Waals surface area (Å²) in [4.78, 5) is 0. The minimum absolute atomic E-state index is 0.653. The molecule has 0 radical (unpaired) electrons. The zero-order valence-electron chi connectivity index (χ0n) is 21.4. The maximum absolute atomic E-state index is 9.44. The maximum atomic E-state index is 9.44. The van der Waals surface area contributed by atoms with Crippen molar-refractivity contribution in [3.8, 4) is 39.4 Å². The summed E-state index contributed by atoms with van der Waals surface area (Å²) in [6.07, 6.45) is 0. The van der Waals surface area contributed by atoms with Gasteiger partial charge in [0.1, 0.15) is 11.2 Å². The average molecular weight is 528 g/mol. The summed E-state index contributed by atoms with van der Waals surface area (Å²) in [5, 5.41) is 14.2. The smallest absolute Gasteiger partial charge is 0.135 e. The highest BCUT2D eigenvalue weighted by atomic mass is 32.1. The lowest BCUT2D eigenvalue weighted by Crippen LogP contribution is -1.91. The van der Waals surface area contributed by atoms with Gasteiger partial charge in [0.05, 0.1) is 11.6 Å². The molecule has 2 nitrogen and oxygen atoms in total. The van der Waals surface area contributed by atoms with E-state index in [9.17, 15) is 5.26 Å². The molecular formula is C37H21NOS. The summed E-state index contributed by atoms with van der Waals surface area (Å²) < 4.78 is 8.71. The standard InChI is InChI=1S/C37H21NOS/c38-22-23-12-14-24(15-13-23)37-27(25-16-18-34-31(20-25)29-6-1-3-10-33(29)39-34)8-5-9-28(37)26-17-19-36-32(21-26)30-7-2-4-11-35(30)40-36/h1-21H. The van der Waals surface area contributed by atoms with Crippen LogP contribution < -0.4 is 0 Å². The summed E-state index contributed by atoms with van der Waals surface area (Å²) in [7, 11) is 0. The fraction of sp³-hybridized carbons (Fsp3) is 0. The van der Waals surface area contributed by atoms with Gasteiger partial charge in [-0.05, 0) is 81.9 Å². The van der Waals surface area contributed by atoms with E-state index in [4.69, 9.17) is 4.42 Å². The normalized spacial score (nSPS) is 11.5. The third kappa shape index (κ3) is 3.55. The van der Waals surface area contributed by atoms with Crippen LogP contribution in [0, 0.1) is 11.3 Å². The lowest BCUT2D eigenvalue weighted by atomic mass is 9.87. The van der Waals surface area contributed by atoms with E-state index in [-0.39, 0.29) is 0 Å². The lowest BCUT2D eigenvalue weighted by molar-refractivity contribution is 0.669. The summed E-state index contributed by atoms with van der Waals surface area (Å²) >= 11 is 1.83. The van der Waals surface area contributed by atoms with Crippen LogP contribution in [-0.2, 0) is 0 Å². The zero-order chi connectivity index (χ0) is 26.6. The molecule has 2 heterocycles. The van der Waals surface area contributed by atoms with Crippen LogP contribution in [-0.4, -0.2) is 0 Å². The van der Waals surface area contributed by atoms with Gasteiger partial charge in [-0.15, -0.1) is 11.3 Å². The minimum Gasteiger partial charge on any atom is -0.456 e. The molecule has 186 valence electrons. The number of fused-ring (bicyclic) bond motifs is 6. The fourth-order valence-electron chi connectivity index (χ4n) is 5.84. The Hall–Kier alpha value is -5.17. The van der Waals surface area contributed by atoms with Crippen LogP contribution in [0.1, 0.15) is 5.56 Å². The van der Waals surface area contributed by atoms with Crippen molar-refractivity contribution in [1.82, 2.24) is 0 Å². The van der Waals surface area contributed by atoms with Crippen LogP contribution in [0.25, 0.3) is 75.5 Å². The van der Waals surface area contributed by atoms with Gasteiger partial charge in [-0.2, -0.15) is 5.26 Å². The maximum Gasteiger partial charge on any atom is 0.135 e. The van der Waals surface area contributed by atoms with E-state index >= 15 is 0 Å². The van der Waals surface area contributed by atoms with E-state index in [2.05, 4.69) is 109 Å². The van der Waals surface area contributed by atoms with Crippen LogP contribution in [0.5, 0.6) is 0 Å². The number of benzene rings is 6. The number of thiophene rings is 1. The zero-order valence-corrected chi connectivity index (χ0v) is 22.2. The number of rotatable bonds is 3. The third-order valence-corrected chi connectivity index (χ3v) is 8.89. The van der Waals surface area contributed by atoms with Crippen molar-refractivity contribution in [2.45, 2.75) is 0 Å². The molecule has 0 aliphatic carbocycles. The van der Waals surface area contributed by atoms with E-state index in [0.717, 1.165) is 49.8 Å². The predicted molar refractivity (Wildman–Crippen MR) is 168 cm³/mol. The van der Waals surface area contributed by atoms with Gasteiger partial charge in [-0.3, -0.25) is 0 Å². The second kappa shape index (κ2) is 8.95. The van der Waals surface area contributed by atoms with Crippen molar-refractivity contribution in [3.05, 3.63) is 133 Å². The monoisotopic (exact) mass is 527 g/mol. The van der Waals surface area contributed by atoms with Crippen molar-refractivity contribution < 1.29 is 4.42 Å². The first-order valence-electron chi connectivity index (χ1n) is 13.2. The summed E-state index contributed by atoms with van der Waals surface area (Å²) in [5.41, 5.74) is 9.27. The second-order valence-electron chi connectivity index (χ2n) is 10.0. The molecule has 40 heavy (non-hydrogen) atoms. The molecule has 0 unspecified atom stereocenters. The van der Waals surface area contributed by atoms with Gasteiger partial charge in [0, 0.05) is 30.9 Å². The van der Waals surface area contributed by atoms with E-state index in [0.29, 0.717) is 5.56 Å². The number of nitrogens with zero attached hydrogens (tertiary/aromatic N) is 1. The molecule has 0 bridgehead atoms. The molecule has 0 atom stereocenters. The number of hydrogen-bond donors (Lipinski definition) is 0. The fourth-order valence-corrected chi connectivity index (χ4v) is 6.93. The van der Waals surface area contributed by atoms with Crippen molar-refractivity contribution in [2.24, 2.45) is 0 Å². The van der Waals surface area contributed by atoms with Crippen LogP contribution in [0.15, 0.2) is 132 Å². The topological polar surface area (TPSA) is 36.9 Å². The lowest BCUT2D eigenvalue weighted by Gasteiger charge is -2.17. The van der Waals surface area contributed by atoms with Gasteiger partial charge in [-0.25, -0.2) is 0 Å². The SMILES string of the molecule is N#Cc1ccc(-c2c(-c3ccc4oc5ccccc5c4c3)cccc2-c2ccc3sc4ccccc4c3c2)cc1. The number of furan rings is 1. The molecule has 0 fully saturated rings. The van der Waals surface area contributed by atoms with Crippen LogP contribution >= 0.6 is 11.3 Å². The molecule has 0 aliphatic rings. The molecule has 3 heteroatoms. The number of nitriles is 1. The first-order valence-corrected chi connectivity index (χ1v) is 14.1. The highest BCUT2D eigenvalue weighted by Gasteiger charge is 2.17. The van der Waals surface area contributed by atoms with Gasteiger partial charge in [0.2, 0.25) is 0 Å². The van der Waals surface area contributed by atoms with E-state index < -0.39 is 0 Å². The van der Waals surface area contributed by atoms with Crippen molar-refractivity contribution in [1.29, 1.82) is 5.26 Å². The predicted octanol–water partition coefficient (Wildman–Crippen LogP) is 10.8. The Morgan fingerprint density at radius 2 is 1.12 bits per heavy atom. The van der Waals surface area contributed by atoms with E-state index in [1.54, 1.807) is 0 Å². The summed E-state index contributed by atoms with van der Waals surface area (Å²) in [5.74, 6) is 0. The Labute approximate surface area is 235 Å². The van der Waals surface area contributed by atoms with Gasteiger partial charge in [0.25, 0.3) is 0 Å². The molecular weight excluding hydrogens is 506 g/mol. The third-order valence-electron chi connectivity index (χ3n) is 7.74. The molecule has 0 spiro atoms. The molecule has 0 saturated heterocycles. The summed E-state index contributed by atoms with van der Waals surface area (Å²) in [6.45, 7) is 0. The van der Waals surface area contributed by atoms with Crippen LogP contribution in [0.3, 0.4) is 0 Å². The van der Waals surface area contributed by atoms with Crippen molar-refractivity contribution in [2.75, 3.05) is 0 Å². The Balaban J connectivity index is 1.40. The Morgan fingerprint density at radius 1 is 0.500 bits per heavy atom. The van der Waals surface area contributed by atoms with Crippen LogP contribution in [0.4, 0.5) is 0 Å². The van der Waals surface area contributed by atoms with Gasteiger partial charge >= 0.3 is 0 Å². The molecule has 0 amide bonds. The quantitative estimate of drug-likeness (QED) is 0.229. The second-order valence-corrected chi connectivity index (χ2v) is 11.1. The minimum atomic E-state index is 0.653. The van der Waals surface area contributed by atoms with Crippen molar-refractivity contribution in [3.63, 3.8) is 0 Å².